The molecule has 1 amide bonds. The van der Waals surface area contributed by atoms with Crippen LogP contribution in [0.2, 0.25) is 0 Å². The van der Waals surface area contributed by atoms with Gasteiger partial charge >= 0.3 is 0 Å². The lowest BCUT2D eigenvalue weighted by Crippen LogP contribution is -2.27. The van der Waals surface area contributed by atoms with Crippen molar-refractivity contribution in [2.24, 2.45) is 0 Å². The van der Waals surface area contributed by atoms with E-state index in [1.807, 2.05) is 25.4 Å². The molecule has 3 aromatic rings. The Morgan fingerprint density at radius 2 is 1.88 bits per heavy atom. The smallest absolute Gasteiger partial charge is 0.233 e. The van der Waals surface area contributed by atoms with E-state index in [1.165, 1.54) is 16.7 Å². The Bertz CT molecular complexity index is 852. The number of pyridine rings is 1. The maximum atomic E-state index is 12.3. The number of aromatic amines is 1. The molecular weight excluding hydrogens is 366 g/mol. The SMILES string of the molecule is CSc1ccc(CN(C)C(=O)CSc2n[nH]c(-c3ccncc3)n2)cc1. The summed E-state index contributed by atoms with van der Waals surface area (Å²) in [6, 6.07) is 12.0. The van der Waals surface area contributed by atoms with Gasteiger partial charge < -0.3 is 4.90 Å². The third-order valence-corrected chi connectivity index (χ3v) is 5.32. The Hall–Kier alpha value is -2.32. The maximum Gasteiger partial charge on any atom is 0.233 e. The fraction of sp³-hybridized carbons (Fsp3) is 0.222. The van der Waals surface area contributed by atoms with Crippen LogP contribution in [0.5, 0.6) is 0 Å². The van der Waals surface area contributed by atoms with Gasteiger partial charge in [-0.15, -0.1) is 16.9 Å². The topological polar surface area (TPSA) is 74.8 Å². The van der Waals surface area contributed by atoms with E-state index in [4.69, 9.17) is 0 Å². The average Bonchev–Trinajstić information content (AvgIpc) is 3.16. The van der Waals surface area contributed by atoms with Gasteiger partial charge in [0.05, 0.1) is 5.75 Å². The highest BCUT2D eigenvalue weighted by Crippen LogP contribution is 2.19. The molecule has 0 radical (unpaired) electrons. The molecular formula is C18H19N5OS2. The summed E-state index contributed by atoms with van der Waals surface area (Å²) in [5, 5.41) is 7.61. The number of benzene rings is 1. The van der Waals surface area contributed by atoms with Gasteiger partial charge in [-0.3, -0.25) is 14.9 Å². The zero-order valence-corrected chi connectivity index (χ0v) is 16.2. The summed E-state index contributed by atoms with van der Waals surface area (Å²) < 4.78 is 0. The van der Waals surface area contributed by atoms with Crippen LogP contribution in [0, 0.1) is 0 Å². The van der Waals surface area contributed by atoms with Crippen molar-refractivity contribution in [3.8, 4) is 11.4 Å². The van der Waals surface area contributed by atoms with Gasteiger partial charge in [-0.25, -0.2) is 4.98 Å². The van der Waals surface area contributed by atoms with E-state index >= 15 is 0 Å². The second-order valence-corrected chi connectivity index (χ2v) is 7.41. The van der Waals surface area contributed by atoms with Crippen molar-refractivity contribution in [1.29, 1.82) is 0 Å². The van der Waals surface area contributed by atoms with E-state index in [-0.39, 0.29) is 5.91 Å². The number of thioether (sulfide) groups is 2. The van der Waals surface area contributed by atoms with Crippen molar-refractivity contribution < 1.29 is 4.79 Å². The van der Waals surface area contributed by atoms with Crippen molar-refractivity contribution in [1.82, 2.24) is 25.1 Å². The molecule has 6 nitrogen and oxygen atoms in total. The van der Waals surface area contributed by atoms with Gasteiger partial charge in [0, 0.05) is 36.4 Å². The van der Waals surface area contributed by atoms with Gasteiger partial charge in [0.25, 0.3) is 0 Å². The number of nitrogens with zero attached hydrogens (tertiary/aromatic N) is 4. The summed E-state index contributed by atoms with van der Waals surface area (Å²) in [7, 11) is 1.81. The lowest BCUT2D eigenvalue weighted by molar-refractivity contribution is -0.127. The van der Waals surface area contributed by atoms with Crippen molar-refractivity contribution in [2.45, 2.75) is 16.6 Å². The van der Waals surface area contributed by atoms with Crippen LogP contribution in [0.3, 0.4) is 0 Å². The molecule has 0 aliphatic carbocycles. The van der Waals surface area contributed by atoms with Gasteiger partial charge in [0.15, 0.2) is 5.82 Å². The van der Waals surface area contributed by atoms with Crippen LogP contribution in [0.4, 0.5) is 0 Å². The Morgan fingerprint density at radius 3 is 2.58 bits per heavy atom. The number of hydrogen-bond donors (Lipinski definition) is 1. The number of amides is 1. The van der Waals surface area contributed by atoms with Crippen LogP contribution in [0.1, 0.15) is 5.56 Å². The van der Waals surface area contributed by atoms with Gasteiger partial charge in [0.2, 0.25) is 11.1 Å². The van der Waals surface area contributed by atoms with Gasteiger partial charge in [-0.05, 0) is 36.1 Å². The first-order chi connectivity index (χ1) is 12.7. The summed E-state index contributed by atoms with van der Waals surface area (Å²) in [5.41, 5.74) is 2.03. The van der Waals surface area contributed by atoms with Crippen LogP contribution in [0.25, 0.3) is 11.4 Å². The van der Waals surface area contributed by atoms with E-state index < -0.39 is 0 Å². The molecule has 1 N–H and O–H groups in total. The molecule has 0 fully saturated rings. The first-order valence-electron chi connectivity index (χ1n) is 7.98. The summed E-state index contributed by atoms with van der Waals surface area (Å²) in [6.45, 7) is 0.588. The molecule has 0 bridgehead atoms. The van der Waals surface area contributed by atoms with Gasteiger partial charge in [-0.2, -0.15) is 0 Å². The summed E-state index contributed by atoms with van der Waals surface area (Å²) in [6.07, 6.45) is 5.45. The van der Waals surface area contributed by atoms with E-state index in [0.717, 1.165) is 11.1 Å². The Morgan fingerprint density at radius 1 is 1.15 bits per heavy atom. The molecule has 0 aliphatic rings. The van der Waals surface area contributed by atoms with Crippen molar-refractivity contribution in [3.05, 3.63) is 54.4 Å². The number of carbonyl (C=O) groups excluding carboxylic acids is 1. The number of nitrogens with one attached hydrogen (secondary N) is 1. The molecule has 8 heteroatoms. The lowest BCUT2D eigenvalue weighted by Gasteiger charge is -2.16. The normalized spacial score (nSPS) is 10.7. The molecule has 0 spiro atoms. The molecule has 0 unspecified atom stereocenters. The molecule has 0 atom stereocenters. The zero-order valence-electron chi connectivity index (χ0n) is 14.5. The van der Waals surface area contributed by atoms with Crippen molar-refractivity contribution in [2.75, 3.05) is 19.1 Å². The minimum absolute atomic E-state index is 0.0409. The van der Waals surface area contributed by atoms with E-state index in [0.29, 0.717) is 23.3 Å². The van der Waals surface area contributed by atoms with Crippen molar-refractivity contribution in [3.63, 3.8) is 0 Å². The Labute approximate surface area is 160 Å². The van der Waals surface area contributed by atoms with E-state index in [9.17, 15) is 4.79 Å². The third kappa shape index (κ3) is 4.86. The first-order valence-corrected chi connectivity index (χ1v) is 10.2. The predicted molar refractivity (Wildman–Crippen MR) is 105 cm³/mol. The Kier molecular flexibility index (Phi) is 6.30. The van der Waals surface area contributed by atoms with Crippen LogP contribution in [-0.2, 0) is 11.3 Å². The van der Waals surface area contributed by atoms with Crippen LogP contribution >= 0.6 is 23.5 Å². The number of rotatable bonds is 7. The minimum atomic E-state index is 0.0409. The molecule has 1 aromatic carbocycles. The fourth-order valence-electron chi connectivity index (χ4n) is 2.28. The second kappa shape index (κ2) is 8.86. The van der Waals surface area contributed by atoms with Crippen molar-refractivity contribution >= 4 is 29.4 Å². The first kappa shape index (κ1) is 18.5. The maximum absolute atomic E-state index is 12.3. The fourth-order valence-corrected chi connectivity index (χ4v) is 3.43. The standard InChI is InChI=1S/C18H19N5OS2/c1-23(11-13-3-5-15(25-2)6-4-13)16(24)12-26-18-20-17(21-22-18)14-7-9-19-10-8-14/h3-10H,11-12H2,1-2H3,(H,20,21,22). The Balaban J connectivity index is 1.52. The quantitative estimate of drug-likeness (QED) is 0.629. The van der Waals surface area contributed by atoms with E-state index in [1.54, 1.807) is 29.1 Å². The second-order valence-electron chi connectivity index (χ2n) is 5.59. The highest BCUT2D eigenvalue weighted by Gasteiger charge is 2.13. The zero-order chi connectivity index (χ0) is 18.4. The number of H-pyrrole nitrogens is 1. The average molecular weight is 386 g/mol. The minimum Gasteiger partial charge on any atom is -0.341 e. The summed E-state index contributed by atoms with van der Waals surface area (Å²) in [5.74, 6) is 1.01. The number of aromatic nitrogens is 4. The molecule has 26 heavy (non-hydrogen) atoms. The molecule has 0 aliphatic heterocycles. The van der Waals surface area contributed by atoms with Crippen LogP contribution < -0.4 is 0 Å². The highest BCUT2D eigenvalue weighted by atomic mass is 32.2. The molecule has 2 aromatic heterocycles. The summed E-state index contributed by atoms with van der Waals surface area (Å²) >= 11 is 3.03. The van der Waals surface area contributed by atoms with Crippen LogP contribution in [0.15, 0.2) is 58.8 Å². The molecule has 2 heterocycles. The number of hydrogen-bond acceptors (Lipinski definition) is 6. The molecule has 3 rings (SSSR count). The largest absolute Gasteiger partial charge is 0.341 e. The van der Waals surface area contributed by atoms with Gasteiger partial charge in [-0.1, -0.05) is 23.9 Å². The lowest BCUT2D eigenvalue weighted by atomic mass is 10.2. The number of carbonyl (C=O) groups is 1. The summed E-state index contributed by atoms with van der Waals surface area (Å²) in [4.78, 5) is 23.7. The highest BCUT2D eigenvalue weighted by molar-refractivity contribution is 7.99. The monoisotopic (exact) mass is 385 g/mol. The molecule has 134 valence electrons. The van der Waals surface area contributed by atoms with E-state index in [2.05, 4.69) is 44.4 Å². The molecule has 0 saturated carbocycles. The third-order valence-electron chi connectivity index (χ3n) is 3.75. The molecule has 0 saturated heterocycles. The predicted octanol–water partition coefficient (Wildman–Crippen LogP) is 3.34. The van der Waals surface area contributed by atoms with Gasteiger partial charge in [0.1, 0.15) is 0 Å². The van der Waals surface area contributed by atoms with Crippen LogP contribution in [-0.4, -0.2) is 50.0 Å².